The van der Waals surface area contributed by atoms with E-state index in [2.05, 4.69) is 0 Å². The Balaban J connectivity index is 2.98. The summed E-state index contributed by atoms with van der Waals surface area (Å²) in [5.74, 6) is 0. The van der Waals surface area contributed by atoms with E-state index in [4.69, 9.17) is 16.3 Å². The quantitative estimate of drug-likeness (QED) is 0.811. The third-order valence-electron chi connectivity index (χ3n) is 2.14. The van der Waals surface area contributed by atoms with E-state index in [1.807, 2.05) is 0 Å². The first-order valence-corrected chi connectivity index (χ1v) is 6.51. The summed E-state index contributed by atoms with van der Waals surface area (Å²) in [6.45, 7) is 0.643. The molecule has 1 aromatic carbocycles. The lowest BCUT2D eigenvalue weighted by Gasteiger charge is -2.17. The summed E-state index contributed by atoms with van der Waals surface area (Å²) in [5, 5.41) is 0.228. The van der Waals surface area contributed by atoms with Crippen LogP contribution in [0.25, 0.3) is 0 Å². The molecule has 0 bridgehead atoms. The Morgan fingerprint density at radius 1 is 1.38 bits per heavy atom. The number of hydrogen-bond donors (Lipinski definition) is 0. The molecule has 0 spiro atoms. The van der Waals surface area contributed by atoms with Gasteiger partial charge in [0, 0.05) is 20.7 Å². The maximum Gasteiger partial charge on any atom is 0.244 e. The van der Waals surface area contributed by atoms with E-state index >= 15 is 0 Å². The first-order valence-electron chi connectivity index (χ1n) is 4.70. The number of benzene rings is 1. The summed E-state index contributed by atoms with van der Waals surface area (Å²) < 4.78 is 30.1. The zero-order valence-corrected chi connectivity index (χ0v) is 10.8. The third-order valence-corrected chi connectivity index (χ3v) is 4.49. The highest BCUT2D eigenvalue weighted by Gasteiger charge is 2.22. The molecule has 0 amide bonds. The minimum atomic E-state index is -3.52. The van der Waals surface area contributed by atoms with E-state index in [0.29, 0.717) is 13.2 Å². The van der Waals surface area contributed by atoms with Gasteiger partial charge in [0.15, 0.2) is 0 Å². The number of methoxy groups -OCH3 is 1. The number of rotatable bonds is 5. The van der Waals surface area contributed by atoms with Gasteiger partial charge in [0.25, 0.3) is 0 Å². The molecule has 1 aromatic rings. The van der Waals surface area contributed by atoms with Crippen molar-refractivity contribution in [3.8, 4) is 0 Å². The van der Waals surface area contributed by atoms with Crippen LogP contribution in [0, 0.1) is 0 Å². The van der Waals surface area contributed by atoms with Gasteiger partial charge in [0.05, 0.1) is 11.6 Å². The largest absolute Gasteiger partial charge is 0.383 e. The average molecular weight is 264 g/mol. The lowest BCUT2D eigenvalue weighted by molar-refractivity contribution is 0.185. The van der Waals surface area contributed by atoms with E-state index in [-0.39, 0.29) is 9.92 Å². The van der Waals surface area contributed by atoms with E-state index < -0.39 is 10.0 Å². The number of nitrogens with zero attached hydrogens (tertiary/aromatic N) is 1. The van der Waals surface area contributed by atoms with Crippen molar-refractivity contribution < 1.29 is 13.2 Å². The number of sulfonamides is 1. The highest BCUT2D eigenvalue weighted by Crippen LogP contribution is 2.23. The van der Waals surface area contributed by atoms with Crippen molar-refractivity contribution in [3.63, 3.8) is 0 Å². The molecule has 16 heavy (non-hydrogen) atoms. The molecular weight excluding hydrogens is 250 g/mol. The zero-order chi connectivity index (χ0) is 12.2. The number of hydrogen-bond acceptors (Lipinski definition) is 3. The lowest BCUT2D eigenvalue weighted by Crippen LogP contribution is -2.30. The molecule has 0 aromatic heterocycles. The topological polar surface area (TPSA) is 46.6 Å². The Labute approximate surface area is 101 Å². The fraction of sp³-hybridized carbons (Fsp3) is 0.400. The minimum Gasteiger partial charge on any atom is -0.383 e. The van der Waals surface area contributed by atoms with Crippen molar-refractivity contribution in [3.05, 3.63) is 29.3 Å². The van der Waals surface area contributed by atoms with Gasteiger partial charge in [0.1, 0.15) is 4.90 Å². The fourth-order valence-electron chi connectivity index (χ4n) is 1.16. The Morgan fingerprint density at radius 3 is 2.56 bits per heavy atom. The minimum absolute atomic E-state index is 0.121. The molecule has 0 atom stereocenters. The lowest BCUT2D eigenvalue weighted by atomic mass is 10.4. The van der Waals surface area contributed by atoms with Gasteiger partial charge in [-0.05, 0) is 12.1 Å². The normalized spacial score (nSPS) is 12.0. The molecule has 0 aliphatic rings. The van der Waals surface area contributed by atoms with Crippen LogP contribution in [0.4, 0.5) is 0 Å². The summed E-state index contributed by atoms with van der Waals surface area (Å²) in [6, 6.07) is 6.37. The molecule has 0 heterocycles. The van der Waals surface area contributed by atoms with Crippen LogP contribution in [0.5, 0.6) is 0 Å². The van der Waals surface area contributed by atoms with Gasteiger partial charge in [0.2, 0.25) is 10.0 Å². The second-order valence-corrected chi connectivity index (χ2v) is 5.67. The predicted octanol–water partition coefficient (Wildman–Crippen LogP) is 1.61. The van der Waals surface area contributed by atoms with Gasteiger partial charge < -0.3 is 4.74 Å². The van der Waals surface area contributed by atoms with Gasteiger partial charge >= 0.3 is 0 Å². The maximum atomic E-state index is 12.0. The second kappa shape index (κ2) is 5.63. The summed E-state index contributed by atoms with van der Waals surface area (Å²) in [4.78, 5) is 0.121. The SMILES string of the molecule is COCCN(C)S(=O)(=O)c1ccccc1Cl. The van der Waals surface area contributed by atoms with E-state index in [0.717, 1.165) is 0 Å². The molecule has 0 N–H and O–H groups in total. The first kappa shape index (κ1) is 13.4. The van der Waals surface area contributed by atoms with Crippen molar-refractivity contribution in [1.82, 2.24) is 4.31 Å². The van der Waals surface area contributed by atoms with Crippen LogP contribution in [0.1, 0.15) is 0 Å². The van der Waals surface area contributed by atoms with Gasteiger partial charge in [-0.25, -0.2) is 8.42 Å². The molecule has 90 valence electrons. The van der Waals surface area contributed by atoms with Crippen LogP contribution in [0.15, 0.2) is 29.2 Å². The number of likely N-dealkylation sites (N-methyl/N-ethyl adjacent to an activating group) is 1. The van der Waals surface area contributed by atoms with Crippen LogP contribution in [0.3, 0.4) is 0 Å². The van der Waals surface area contributed by atoms with Crippen molar-refractivity contribution >= 4 is 21.6 Å². The summed E-state index contributed by atoms with van der Waals surface area (Å²) in [7, 11) is -0.499. The molecule has 0 fully saturated rings. The van der Waals surface area contributed by atoms with Crippen LogP contribution in [-0.2, 0) is 14.8 Å². The molecule has 0 aliphatic carbocycles. The maximum absolute atomic E-state index is 12.0. The van der Waals surface area contributed by atoms with E-state index in [9.17, 15) is 8.42 Å². The first-order chi connectivity index (χ1) is 7.50. The second-order valence-electron chi connectivity index (χ2n) is 3.25. The van der Waals surface area contributed by atoms with Crippen LogP contribution in [-0.4, -0.2) is 40.0 Å². The number of ether oxygens (including phenoxy) is 1. The molecule has 6 heteroatoms. The van der Waals surface area contributed by atoms with E-state index in [1.54, 1.807) is 18.2 Å². The Hall–Kier alpha value is -0.620. The van der Waals surface area contributed by atoms with Crippen LogP contribution >= 0.6 is 11.6 Å². The Morgan fingerprint density at radius 2 is 2.00 bits per heavy atom. The molecule has 0 unspecified atom stereocenters. The molecule has 1 rings (SSSR count). The van der Waals surface area contributed by atoms with Crippen molar-refractivity contribution in [2.75, 3.05) is 27.3 Å². The molecular formula is C10H14ClNO3S. The summed E-state index contributed by atoms with van der Waals surface area (Å²) >= 11 is 5.85. The zero-order valence-electron chi connectivity index (χ0n) is 9.18. The fourth-order valence-corrected chi connectivity index (χ4v) is 2.81. The highest BCUT2D eigenvalue weighted by molar-refractivity contribution is 7.89. The average Bonchev–Trinajstić information content (AvgIpc) is 2.26. The standard InChI is InChI=1S/C10H14ClNO3S/c1-12(7-8-15-2)16(13,14)10-6-4-3-5-9(10)11/h3-6H,7-8H2,1-2H3. The molecule has 0 aliphatic heterocycles. The molecule has 4 nitrogen and oxygen atoms in total. The van der Waals surface area contributed by atoms with Crippen molar-refractivity contribution in [2.24, 2.45) is 0 Å². The summed E-state index contributed by atoms with van der Waals surface area (Å²) in [6.07, 6.45) is 0. The molecule has 0 saturated carbocycles. The highest BCUT2D eigenvalue weighted by atomic mass is 35.5. The van der Waals surface area contributed by atoms with Gasteiger partial charge in [-0.2, -0.15) is 4.31 Å². The smallest absolute Gasteiger partial charge is 0.244 e. The van der Waals surface area contributed by atoms with Gasteiger partial charge in [-0.3, -0.25) is 0 Å². The van der Waals surface area contributed by atoms with E-state index in [1.165, 1.54) is 24.5 Å². The molecule has 0 radical (unpaired) electrons. The number of halogens is 1. The Bertz CT molecular complexity index is 447. The monoisotopic (exact) mass is 263 g/mol. The van der Waals surface area contributed by atoms with Crippen molar-refractivity contribution in [2.45, 2.75) is 4.90 Å². The van der Waals surface area contributed by atoms with Gasteiger partial charge in [-0.15, -0.1) is 0 Å². The van der Waals surface area contributed by atoms with Crippen LogP contribution < -0.4 is 0 Å². The molecule has 0 saturated heterocycles. The van der Waals surface area contributed by atoms with Crippen LogP contribution in [0.2, 0.25) is 5.02 Å². The van der Waals surface area contributed by atoms with Gasteiger partial charge in [-0.1, -0.05) is 23.7 Å². The predicted molar refractivity (Wildman–Crippen MR) is 63.1 cm³/mol. The van der Waals surface area contributed by atoms with Crippen molar-refractivity contribution in [1.29, 1.82) is 0 Å². The third kappa shape index (κ3) is 2.95. The Kier molecular flexibility index (Phi) is 4.73. The summed E-state index contributed by atoms with van der Waals surface area (Å²) in [5.41, 5.74) is 0.